The van der Waals surface area contributed by atoms with E-state index in [4.69, 9.17) is 21.3 Å². The number of hydrogen-bond acceptors (Lipinski definition) is 10. The predicted molar refractivity (Wildman–Crippen MR) is 183 cm³/mol. The van der Waals surface area contributed by atoms with Gasteiger partial charge in [0.05, 0.1) is 28.0 Å². The average molecular weight is 707 g/mol. The maximum atomic E-state index is 15.4. The molecule has 3 heterocycles. The van der Waals surface area contributed by atoms with Crippen LogP contribution in [0.5, 0.6) is 5.75 Å². The lowest BCUT2D eigenvalue weighted by atomic mass is 10.1. The van der Waals surface area contributed by atoms with Crippen molar-refractivity contribution >= 4 is 55.2 Å². The summed E-state index contributed by atoms with van der Waals surface area (Å²) in [6.45, 7) is 2.33. The quantitative estimate of drug-likeness (QED) is 0.136. The van der Waals surface area contributed by atoms with E-state index in [-0.39, 0.29) is 41.4 Å². The number of fused-ring (bicyclic) bond motifs is 1. The fourth-order valence-electron chi connectivity index (χ4n) is 4.88. The minimum Gasteiger partial charge on any atom is -0.487 e. The van der Waals surface area contributed by atoms with Crippen molar-refractivity contribution in [3.05, 3.63) is 118 Å². The average Bonchev–Trinajstić information content (AvgIpc) is 3.57. The van der Waals surface area contributed by atoms with E-state index in [1.165, 1.54) is 48.1 Å². The summed E-state index contributed by atoms with van der Waals surface area (Å²) in [7, 11) is -1.72. The molecule has 0 radical (unpaired) electrons. The summed E-state index contributed by atoms with van der Waals surface area (Å²) in [5.74, 6) is -0.0780. The van der Waals surface area contributed by atoms with Gasteiger partial charge in [0.1, 0.15) is 41.1 Å². The molecule has 1 N–H and O–H groups in total. The van der Waals surface area contributed by atoms with E-state index in [2.05, 4.69) is 20.3 Å². The monoisotopic (exact) mass is 706 g/mol. The van der Waals surface area contributed by atoms with Gasteiger partial charge in [0.2, 0.25) is 0 Å². The van der Waals surface area contributed by atoms with Gasteiger partial charge in [0.25, 0.3) is 0 Å². The van der Waals surface area contributed by atoms with Crippen LogP contribution >= 0.6 is 22.9 Å². The molecule has 3 aromatic heterocycles. The molecule has 0 fully saturated rings. The Hall–Kier alpha value is -4.56. The van der Waals surface area contributed by atoms with Crippen molar-refractivity contribution in [3.8, 4) is 17.0 Å². The first-order valence-electron chi connectivity index (χ1n) is 14.8. The number of sulfone groups is 1. The Bertz CT molecular complexity index is 2190. The van der Waals surface area contributed by atoms with Gasteiger partial charge in [-0.3, -0.25) is 4.90 Å². The van der Waals surface area contributed by atoms with Gasteiger partial charge in [-0.2, -0.15) is 0 Å². The van der Waals surface area contributed by atoms with Crippen LogP contribution in [0.4, 0.5) is 20.3 Å². The van der Waals surface area contributed by atoms with Gasteiger partial charge in [-0.25, -0.2) is 37.1 Å². The molecule has 0 aliphatic rings. The van der Waals surface area contributed by atoms with Gasteiger partial charge < -0.3 is 10.1 Å². The highest BCUT2D eigenvalue weighted by Crippen LogP contribution is 2.35. The van der Waals surface area contributed by atoms with Crippen molar-refractivity contribution < 1.29 is 21.9 Å². The molecule has 1 atom stereocenters. The van der Waals surface area contributed by atoms with Crippen LogP contribution in [-0.4, -0.2) is 52.6 Å². The Morgan fingerprint density at radius 2 is 1.88 bits per heavy atom. The Kier molecular flexibility index (Phi) is 9.92. The summed E-state index contributed by atoms with van der Waals surface area (Å²) < 4.78 is 60.1. The maximum Gasteiger partial charge on any atom is 0.196 e. The number of aromatic nitrogens is 4. The first-order chi connectivity index (χ1) is 23.1. The van der Waals surface area contributed by atoms with E-state index in [9.17, 15) is 12.8 Å². The Balaban J connectivity index is 1.17. The standard InChI is InChI=1S/C34H29ClF2N6O3S2/c1-21(43(2)12-13-48(44,45)32-8-3-4-11-38-32)34-42-30(19-47-34)25-16-26-29(17-28(25)37)39-20-40-33(26)41-24-9-10-31(27(35)15-24)46-18-22-6-5-7-23(36)14-22/h3-11,14-17,19-21H,12-13,18H2,1-2H3,(H,39,40,41). The Morgan fingerprint density at radius 3 is 2.65 bits per heavy atom. The summed E-state index contributed by atoms with van der Waals surface area (Å²) in [5, 5.41) is 6.65. The molecule has 0 saturated carbocycles. The molecule has 9 nitrogen and oxygen atoms in total. The van der Waals surface area contributed by atoms with E-state index in [0.29, 0.717) is 49.4 Å². The molecule has 48 heavy (non-hydrogen) atoms. The third-order valence-electron chi connectivity index (χ3n) is 7.69. The molecule has 0 amide bonds. The second-order valence-electron chi connectivity index (χ2n) is 11.0. The lowest BCUT2D eigenvalue weighted by Gasteiger charge is -2.22. The van der Waals surface area contributed by atoms with Crippen LogP contribution < -0.4 is 10.1 Å². The smallest absolute Gasteiger partial charge is 0.196 e. The van der Waals surface area contributed by atoms with Gasteiger partial charge in [0.15, 0.2) is 14.9 Å². The molecular weight excluding hydrogens is 678 g/mol. The molecule has 0 spiro atoms. The van der Waals surface area contributed by atoms with Crippen LogP contribution in [0.25, 0.3) is 22.2 Å². The zero-order valence-corrected chi connectivity index (χ0v) is 28.2. The number of rotatable bonds is 12. The summed E-state index contributed by atoms with van der Waals surface area (Å²) in [4.78, 5) is 19.2. The SMILES string of the molecule is CC(c1nc(-c2cc3c(Nc4ccc(OCc5cccc(F)c5)c(Cl)c4)ncnc3cc2F)cs1)N(C)CCS(=O)(=O)c1ccccn1. The number of anilines is 2. The first-order valence-corrected chi connectivity index (χ1v) is 17.7. The number of halogens is 3. The summed E-state index contributed by atoms with van der Waals surface area (Å²) >= 11 is 7.86. The second-order valence-corrected chi connectivity index (χ2v) is 14.3. The topological polar surface area (TPSA) is 110 Å². The summed E-state index contributed by atoms with van der Waals surface area (Å²) in [6.07, 6.45) is 2.80. The molecule has 0 aliphatic carbocycles. The minimum absolute atomic E-state index is 0.0407. The fourth-order valence-corrected chi connectivity index (χ4v) is 7.30. The van der Waals surface area contributed by atoms with E-state index in [1.807, 2.05) is 18.9 Å². The third-order valence-corrected chi connectivity index (χ3v) is 10.6. The van der Waals surface area contributed by atoms with Gasteiger partial charge in [0, 0.05) is 40.8 Å². The Labute approximate surface area is 285 Å². The molecule has 6 aromatic rings. The lowest BCUT2D eigenvalue weighted by molar-refractivity contribution is 0.276. The fraction of sp³-hybridized carbons (Fsp3) is 0.176. The van der Waals surface area contributed by atoms with Crippen molar-refractivity contribution in [2.75, 3.05) is 24.7 Å². The molecule has 6 rings (SSSR count). The zero-order chi connectivity index (χ0) is 33.8. The van der Waals surface area contributed by atoms with Crippen molar-refractivity contribution in [1.29, 1.82) is 0 Å². The largest absolute Gasteiger partial charge is 0.487 e. The van der Waals surface area contributed by atoms with E-state index >= 15 is 4.39 Å². The molecule has 0 bridgehead atoms. The number of nitrogens with one attached hydrogen (secondary N) is 1. The van der Waals surface area contributed by atoms with Gasteiger partial charge in [-0.1, -0.05) is 29.8 Å². The van der Waals surface area contributed by atoms with Crippen LogP contribution in [0.2, 0.25) is 5.02 Å². The number of nitrogens with zero attached hydrogens (tertiary/aromatic N) is 5. The van der Waals surface area contributed by atoms with Crippen LogP contribution in [0.3, 0.4) is 0 Å². The normalized spacial score (nSPS) is 12.4. The second kappa shape index (κ2) is 14.3. The van der Waals surface area contributed by atoms with E-state index in [0.717, 1.165) is 0 Å². The van der Waals surface area contributed by atoms with Gasteiger partial charge in [-0.05, 0) is 68.1 Å². The van der Waals surface area contributed by atoms with Crippen LogP contribution in [-0.2, 0) is 16.4 Å². The highest BCUT2D eigenvalue weighted by molar-refractivity contribution is 7.91. The molecule has 14 heteroatoms. The molecule has 246 valence electrons. The molecule has 1 unspecified atom stereocenters. The lowest BCUT2D eigenvalue weighted by Crippen LogP contribution is -2.28. The predicted octanol–water partition coefficient (Wildman–Crippen LogP) is 7.87. The molecule has 3 aromatic carbocycles. The maximum absolute atomic E-state index is 15.4. The number of pyridine rings is 1. The molecule has 0 saturated heterocycles. The number of hydrogen-bond donors (Lipinski definition) is 1. The number of thiazole rings is 1. The van der Waals surface area contributed by atoms with Crippen molar-refractivity contribution in [2.45, 2.75) is 24.6 Å². The highest BCUT2D eigenvalue weighted by atomic mass is 35.5. The van der Waals surface area contributed by atoms with Crippen LogP contribution in [0.15, 0.2) is 95.7 Å². The van der Waals surface area contributed by atoms with Crippen LogP contribution in [0.1, 0.15) is 23.5 Å². The summed E-state index contributed by atoms with van der Waals surface area (Å²) in [6, 6.07) is 18.8. The minimum atomic E-state index is -3.54. The molecule has 0 aliphatic heterocycles. The van der Waals surface area contributed by atoms with Crippen LogP contribution in [0, 0.1) is 11.6 Å². The zero-order valence-electron chi connectivity index (χ0n) is 25.8. The van der Waals surface area contributed by atoms with E-state index < -0.39 is 15.7 Å². The van der Waals surface area contributed by atoms with Gasteiger partial charge >= 0.3 is 0 Å². The third kappa shape index (κ3) is 7.60. The first kappa shape index (κ1) is 33.3. The number of ether oxygens (including phenoxy) is 1. The number of benzene rings is 3. The molecular formula is C34H29ClF2N6O3S2. The van der Waals surface area contributed by atoms with Crippen molar-refractivity contribution in [1.82, 2.24) is 24.8 Å². The summed E-state index contributed by atoms with van der Waals surface area (Å²) in [5.41, 5.74) is 2.39. The van der Waals surface area contributed by atoms with Crippen molar-refractivity contribution in [3.63, 3.8) is 0 Å². The Morgan fingerprint density at radius 1 is 1.02 bits per heavy atom. The highest BCUT2D eigenvalue weighted by Gasteiger charge is 2.22. The van der Waals surface area contributed by atoms with Crippen molar-refractivity contribution in [2.24, 2.45) is 0 Å². The van der Waals surface area contributed by atoms with E-state index in [1.54, 1.807) is 53.9 Å². The van der Waals surface area contributed by atoms with Gasteiger partial charge in [-0.15, -0.1) is 11.3 Å².